The molecule has 0 aliphatic heterocycles. The van der Waals surface area contributed by atoms with E-state index in [9.17, 15) is 0 Å². The summed E-state index contributed by atoms with van der Waals surface area (Å²) in [5.41, 5.74) is 0.489. The third-order valence-electron chi connectivity index (χ3n) is 3.20. The first-order valence-electron chi connectivity index (χ1n) is 5.93. The first-order chi connectivity index (χ1) is 8.19. The van der Waals surface area contributed by atoms with Gasteiger partial charge in [0.2, 0.25) is 5.88 Å². The minimum absolute atomic E-state index is 0.196. The summed E-state index contributed by atoms with van der Waals surface area (Å²) in [6, 6.07) is 5.24. The van der Waals surface area contributed by atoms with Gasteiger partial charge in [0.05, 0.1) is 11.6 Å². The number of aromatic nitrogens is 1. The molecule has 1 aliphatic carbocycles. The lowest BCUT2D eigenvalue weighted by Gasteiger charge is -2.28. The van der Waals surface area contributed by atoms with Crippen LogP contribution in [-0.2, 0) is 0 Å². The topological polar surface area (TPSA) is 45.9 Å². The van der Waals surface area contributed by atoms with Crippen molar-refractivity contribution in [3.05, 3.63) is 22.8 Å². The molecule has 0 bridgehead atoms. The van der Waals surface area contributed by atoms with E-state index in [1.807, 2.05) is 0 Å². The zero-order valence-electron chi connectivity index (χ0n) is 9.82. The largest absolute Gasteiger partial charge is 0.474 e. The van der Waals surface area contributed by atoms with E-state index >= 15 is 0 Å². The number of ether oxygens (including phenoxy) is 1. The smallest absolute Gasteiger partial charge is 0.216 e. The summed E-state index contributed by atoms with van der Waals surface area (Å²) in [5, 5.41) is 9.16. The maximum Gasteiger partial charge on any atom is 0.216 e. The van der Waals surface area contributed by atoms with Crippen molar-refractivity contribution in [1.29, 1.82) is 5.26 Å². The molecule has 2 unspecified atom stereocenters. The van der Waals surface area contributed by atoms with E-state index in [2.05, 4.69) is 18.0 Å². The minimum atomic E-state index is 0.196. The summed E-state index contributed by atoms with van der Waals surface area (Å²) < 4.78 is 5.84. The van der Waals surface area contributed by atoms with Crippen LogP contribution < -0.4 is 4.74 Å². The lowest BCUT2D eigenvalue weighted by atomic mass is 9.88. The van der Waals surface area contributed by atoms with Crippen molar-refractivity contribution in [3.63, 3.8) is 0 Å². The fourth-order valence-electron chi connectivity index (χ4n) is 2.21. The van der Waals surface area contributed by atoms with Crippen molar-refractivity contribution in [1.82, 2.24) is 4.98 Å². The van der Waals surface area contributed by atoms with Crippen LogP contribution in [0, 0.1) is 17.2 Å². The number of rotatable bonds is 2. The summed E-state index contributed by atoms with van der Waals surface area (Å²) in [5.74, 6) is 1.00. The molecule has 0 amide bonds. The third-order valence-corrected chi connectivity index (χ3v) is 3.40. The van der Waals surface area contributed by atoms with E-state index in [0.717, 1.165) is 6.42 Å². The average Bonchev–Trinajstić information content (AvgIpc) is 2.31. The molecule has 0 saturated heterocycles. The number of nitrogens with zero attached hydrogens (tertiary/aromatic N) is 2. The molecule has 0 N–H and O–H groups in total. The lowest BCUT2D eigenvalue weighted by molar-refractivity contribution is 0.0976. The Kier molecular flexibility index (Phi) is 3.86. The van der Waals surface area contributed by atoms with Gasteiger partial charge in [-0.1, -0.05) is 24.9 Å². The van der Waals surface area contributed by atoms with Crippen molar-refractivity contribution in [2.75, 3.05) is 0 Å². The van der Waals surface area contributed by atoms with Gasteiger partial charge in [0.15, 0.2) is 0 Å². The Labute approximate surface area is 106 Å². The Balaban J connectivity index is 2.12. The van der Waals surface area contributed by atoms with Gasteiger partial charge in [0.25, 0.3) is 0 Å². The SMILES string of the molecule is CC1CCCCC1Oc1cc(C#N)cc(Cl)n1. The zero-order chi connectivity index (χ0) is 12.3. The maximum atomic E-state index is 8.85. The van der Waals surface area contributed by atoms with Crippen LogP contribution in [0.25, 0.3) is 0 Å². The lowest BCUT2D eigenvalue weighted by Crippen LogP contribution is -2.28. The molecule has 3 nitrogen and oxygen atoms in total. The van der Waals surface area contributed by atoms with E-state index in [0.29, 0.717) is 22.5 Å². The normalized spacial score (nSPS) is 24.1. The molecule has 1 aliphatic rings. The first-order valence-corrected chi connectivity index (χ1v) is 6.31. The first kappa shape index (κ1) is 12.2. The monoisotopic (exact) mass is 250 g/mol. The molecule has 1 aromatic heterocycles. The summed E-state index contributed by atoms with van der Waals surface area (Å²) in [7, 11) is 0. The summed E-state index contributed by atoms with van der Waals surface area (Å²) >= 11 is 5.84. The number of nitriles is 1. The average molecular weight is 251 g/mol. The molecular formula is C13H15ClN2O. The van der Waals surface area contributed by atoms with Crippen LogP contribution in [0.4, 0.5) is 0 Å². The highest BCUT2D eigenvalue weighted by molar-refractivity contribution is 6.29. The maximum absolute atomic E-state index is 8.85. The van der Waals surface area contributed by atoms with Gasteiger partial charge in [-0.2, -0.15) is 5.26 Å². The highest BCUT2D eigenvalue weighted by Gasteiger charge is 2.23. The van der Waals surface area contributed by atoms with Crippen LogP contribution in [0.1, 0.15) is 38.2 Å². The van der Waals surface area contributed by atoms with E-state index in [4.69, 9.17) is 21.6 Å². The van der Waals surface area contributed by atoms with Crippen molar-refractivity contribution < 1.29 is 4.74 Å². The van der Waals surface area contributed by atoms with Crippen LogP contribution in [-0.4, -0.2) is 11.1 Å². The fraction of sp³-hybridized carbons (Fsp3) is 0.538. The van der Waals surface area contributed by atoms with Gasteiger partial charge in [-0.05, 0) is 31.2 Å². The second-order valence-corrected chi connectivity index (χ2v) is 4.93. The molecule has 17 heavy (non-hydrogen) atoms. The highest BCUT2D eigenvalue weighted by atomic mass is 35.5. The van der Waals surface area contributed by atoms with Crippen LogP contribution in [0.15, 0.2) is 12.1 Å². The molecular weight excluding hydrogens is 236 g/mol. The number of hydrogen-bond acceptors (Lipinski definition) is 3. The van der Waals surface area contributed by atoms with Gasteiger partial charge >= 0.3 is 0 Å². The summed E-state index contributed by atoms with van der Waals surface area (Å²) in [4.78, 5) is 4.10. The minimum Gasteiger partial charge on any atom is -0.474 e. The Morgan fingerprint density at radius 2 is 2.18 bits per heavy atom. The number of pyridine rings is 1. The fourth-order valence-corrected chi connectivity index (χ4v) is 2.41. The molecule has 1 saturated carbocycles. The highest BCUT2D eigenvalue weighted by Crippen LogP contribution is 2.28. The molecule has 0 spiro atoms. The van der Waals surface area contributed by atoms with Crippen molar-refractivity contribution in [2.24, 2.45) is 5.92 Å². The predicted octanol–water partition coefficient (Wildman–Crippen LogP) is 3.56. The van der Waals surface area contributed by atoms with Gasteiger partial charge in [0, 0.05) is 6.07 Å². The molecule has 90 valence electrons. The van der Waals surface area contributed by atoms with Crippen molar-refractivity contribution in [2.45, 2.75) is 38.7 Å². The number of hydrogen-bond donors (Lipinski definition) is 0. The molecule has 4 heteroatoms. The van der Waals surface area contributed by atoms with E-state index in [-0.39, 0.29) is 6.10 Å². The standard InChI is InChI=1S/C13H15ClN2O/c1-9-4-2-3-5-11(9)17-13-7-10(8-15)6-12(14)16-13/h6-7,9,11H,2-5H2,1H3. The second kappa shape index (κ2) is 5.37. The van der Waals surface area contributed by atoms with Crippen molar-refractivity contribution >= 4 is 11.6 Å². The Hall–Kier alpha value is -1.27. The summed E-state index contributed by atoms with van der Waals surface area (Å²) in [6.07, 6.45) is 4.91. The molecule has 1 aromatic rings. The molecule has 0 aromatic carbocycles. The summed E-state index contributed by atoms with van der Waals surface area (Å²) in [6.45, 7) is 2.19. The number of halogens is 1. The molecule has 2 rings (SSSR count). The quantitative estimate of drug-likeness (QED) is 0.754. The van der Waals surface area contributed by atoms with Gasteiger partial charge in [-0.3, -0.25) is 0 Å². The van der Waals surface area contributed by atoms with Gasteiger partial charge in [0.1, 0.15) is 11.3 Å². The molecule has 2 atom stereocenters. The van der Waals surface area contributed by atoms with Crippen LogP contribution in [0.2, 0.25) is 5.15 Å². The van der Waals surface area contributed by atoms with Crippen molar-refractivity contribution in [3.8, 4) is 11.9 Å². The van der Waals surface area contributed by atoms with Crippen LogP contribution in [0.5, 0.6) is 5.88 Å². The van der Waals surface area contributed by atoms with Gasteiger partial charge < -0.3 is 4.74 Å². The Morgan fingerprint density at radius 1 is 1.41 bits per heavy atom. The van der Waals surface area contributed by atoms with Crippen LogP contribution in [0.3, 0.4) is 0 Å². The van der Waals surface area contributed by atoms with E-state index in [1.54, 1.807) is 12.1 Å². The van der Waals surface area contributed by atoms with E-state index < -0.39 is 0 Å². The van der Waals surface area contributed by atoms with E-state index in [1.165, 1.54) is 19.3 Å². The van der Waals surface area contributed by atoms with Gasteiger partial charge in [-0.15, -0.1) is 0 Å². The molecule has 1 fully saturated rings. The Bertz CT molecular complexity index is 442. The molecule has 0 radical (unpaired) electrons. The second-order valence-electron chi connectivity index (χ2n) is 4.55. The third kappa shape index (κ3) is 3.10. The van der Waals surface area contributed by atoms with Crippen LogP contribution >= 0.6 is 11.6 Å². The predicted molar refractivity (Wildman–Crippen MR) is 66.0 cm³/mol. The zero-order valence-corrected chi connectivity index (χ0v) is 10.6. The molecule has 1 heterocycles. The Morgan fingerprint density at radius 3 is 2.88 bits per heavy atom. The van der Waals surface area contributed by atoms with Gasteiger partial charge in [-0.25, -0.2) is 4.98 Å².